The van der Waals surface area contributed by atoms with Crippen LogP contribution in [0.2, 0.25) is 10.0 Å². The maximum Gasteiger partial charge on any atom is 0.251 e. The molecule has 1 fully saturated rings. The second-order valence-electron chi connectivity index (χ2n) is 6.54. The van der Waals surface area contributed by atoms with E-state index in [-0.39, 0.29) is 10.8 Å². The van der Waals surface area contributed by atoms with E-state index in [1.807, 2.05) is 6.07 Å². The number of halogens is 2. The van der Waals surface area contributed by atoms with Crippen LogP contribution in [-0.4, -0.2) is 27.4 Å². The second kappa shape index (κ2) is 8.61. The van der Waals surface area contributed by atoms with Crippen LogP contribution in [0.3, 0.4) is 0 Å². The topological polar surface area (TPSA) is 75.3 Å². The van der Waals surface area contributed by atoms with Crippen molar-refractivity contribution in [1.82, 2.24) is 10.0 Å². The van der Waals surface area contributed by atoms with Gasteiger partial charge >= 0.3 is 0 Å². The molecule has 1 aliphatic rings. The van der Waals surface area contributed by atoms with Gasteiger partial charge in [0.15, 0.2) is 0 Å². The van der Waals surface area contributed by atoms with Crippen molar-refractivity contribution in [2.75, 3.05) is 13.1 Å². The Labute approximate surface area is 169 Å². The summed E-state index contributed by atoms with van der Waals surface area (Å²) >= 11 is 12.1. The number of sulfonamides is 1. The molecule has 3 rings (SSSR count). The number of benzene rings is 2. The third-order valence-corrected chi connectivity index (χ3v) is 6.66. The Kier molecular flexibility index (Phi) is 6.42. The average Bonchev–Trinajstić information content (AvgIpc) is 3.48. The summed E-state index contributed by atoms with van der Waals surface area (Å²) in [5, 5.41) is 3.72. The first kappa shape index (κ1) is 20.1. The highest BCUT2D eigenvalue weighted by atomic mass is 35.5. The van der Waals surface area contributed by atoms with Gasteiger partial charge in [-0.3, -0.25) is 4.79 Å². The highest BCUT2D eigenvalue weighted by molar-refractivity contribution is 7.89. The molecule has 2 aromatic rings. The lowest BCUT2D eigenvalue weighted by Gasteiger charge is -2.10. The van der Waals surface area contributed by atoms with Crippen molar-refractivity contribution in [3.05, 3.63) is 63.6 Å². The molecule has 0 radical (unpaired) electrons. The van der Waals surface area contributed by atoms with Crippen LogP contribution < -0.4 is 10.0 Å². The Morgan fingerprint density at radius 1 is 1.11 bits per heavy atom. The maximum atomic E-state index is 12.4. The normalized spacial score (nSPS) is 14.1. The van der Waals surface area contributed by atoms with Gasteiger partial charge in [-0.15, -0.1) is 0 Å². The number of hydrogen-bond acceptors (Lipinski definition) is 3. The molecule has 0 saturated heterocycles. The second-order valence-corrected chi connectivity index (χ2v) is 9.09. The number of nitrogens with one attached hydrogen (secondary N) is 2. The lowest BCUT2D eigenvalue weighted by Crippen LogP contribution is -2.28. The van der Waals surface area contributed by atoms with E-state index >= 15 is 0 Å². The lowest BCUT2D eigenvalue weighted by atomic mass is 10.1. The van der Waals surface area contributed by atoms with Gasteiger partial charge in [0, 0.05) is 18.7 Å². The third-order valence-electron chi connectivity index (χ3n) is 4.38. The molecule has 0 aromatic heterocycles. The number of rotatable bonds is 8. The van der Waals surface area contributed by atoms with E-state index in [1.165, 1.54) is 12.1 Å². The summed E-state index contributed by atoms with van der Waals surface area (Å²) in [6.45, 7) is 0.801. The first-order valence-electron chi connectivity index (χ1n) is 8.67. The predicted molar refractivity (Wildman–Crippen MR) is 107 cm³/mol. The molecule has 1 amide bonds. The van der Waals surface area contributed by atoms with Crippen LogP contribution in [0.4, 0.5) is 0 Å². The molecule has 0 spiro atoms. The van der Waals surface area contributed by atoms with Crippen LogP contribution in [0.5, 0.6) is 0 Å². The quantitative estimate of drug-likeness (QED) is 0.675. The molecular weight excluding hydrogens is 407 g/mol. The summed E-state index contributed by atoms with van der Waals surface area (Å²) in [5.74, 6) is 0.0944. The van der Waals surface area contributed by atoms with Gasteiger partial charge in [0.2, 0.25) is 10.0 Å². The maximum absolute atomic E-state index is 12.4. The molecule has 0 heterocycles. The SMILES string of the molecule is O=C(NCCc1cccc(Cl)c1Cl)c1cccc(S(=O)(=O)NCC2CC2)c1. The monoisotopic (exact) mass is 426 g/mol. The van der Waals surface area contributed by atoms with E-state index < -0.39 is 10.0 Å². The van der Waals surface area contributed by atoms with Gasteiger partial charge in [-0.2, -0.15) is 0 Å². The molecule has 0 atom stereocenters. The lowest BCUT2D eigenvalue weighted by molar-refractivity contribution is 0.0954. The zero-order chi connectivity index (χ0) is 19.4. The van der Waals surface area contributed by atoms with E-state index in [2.05, 4.69) is 10.0 Å². The predicted octanol–water partition coefficient (Wildman–Crippen LogP) is 3.65. The smallest absolute Gasteiger partial charge is 0.251 e. The highest BCUT2D eigenvalue weighted by Gasteiger charge is 2.24. The Balaban J connectivity index is 1.60. The summed E-state index contributed by atoms with van der Waals surface area (Å²) < 4.78 is 27.3. The van der Waals surface area contributed by atoms with Crippen molar-refractivity contribution in [1.29, 1.82) is 0 Å². The van der Waals surface area contributed by atoms with Crippen molar-refractivity contribution in [2.45, 2.75) is 24.2 Å². The minimum atomic E-state index is -3.61. The van der Waals surface area contributed by atoms with Crippen molar-refractivity contribution < 1.29 is 13.2 Å². The van der Waals surface area contributed by atoms with Gasteiger partial charge < -0.3 is 5.32 Å². The molecule has 8 heteroatoms. The van der Waals surface area contributed by atoms with E-state index in [4.69, 9.17) is 23.2 Å². The molecule has 27 heavy (non-hydrogen) atoms. The fourth-order valence-electron chi connectivity index (χ4n) is 2.59. The van der Waals surface area contributed by atoms with Crippen LogP contribution >= 0.6 is 23.2 Å². The van der Waals surface area contributed by atoms with Crippen LogP contribution in [0.15, 0.2) is 47.4 Å². The fraction of sp³-hybridized carbons (Fsp3) is 0.316. The molecular formula is C19H20Cl2N2O3S. The first-order valence-corrected chi connectivity index (χ1v) is 10.9. The molecule has 1 aliphatic carbocycles. The van der Waals surface area contributed by atoms with Crippen molar-refractivity contribution in [3.8, 4) is 0 Å². The minimum absolute atomic E-state index is 0.0914. The Morgan fingerprint density at radius 2 is 1.85 bits per heavy atom. The number of amides is 1. The Bertz CT molecular complexity index is 944. The highest BCUT2D eigenvalue weighted by Crippen LogP contribution is 2.28. The van der Waals surface area contributed by atoms with E-state index in [0.717, 1.165) is 18.4 Å². The molecule has 0 aliphatic heterocycles. The van der Waals surface area contributed by atoms with Gasteiger partial charge in [-0.05, 0) is 55.0 Å². The number of hydrogen-bond donors (Lipinski definition) is 2. The van der Waals surface area contributed by atoms with Crippen LogP contribution in [0, 0.1) is 5.92 Å². The van der Waals surface area contributed by atoms with Gasteiger partial charge in [-0.1, -0.05) is 41.4 Å². The molecule has 144 valence electrons. The summed E-state index contributed by atoms with van der Waals surface area (Å²) in [5.41, 5.74) is 1.13. The molecule has 5 nitrogen and oxygen atoms in total. The van der Waals surface area contributed by atoms with Gasteiger partial charge in [0.1, 0.15) is 0 Å². The van der Waals surface area contributed by atoms with Crippen LogP contribution in [0.25, 0.3) is 0 Å². The zero-order valence-corrected chi connectivity index (χ0v) is 16.9. The van der Waals surface area contributed by atoms with Gasteiger partial charge in [-0.25, -0.2) is 13.1 Å². The molecule has 1 saturated carbocycles. The zero-order valence-electron chi connectivity index (χ0n) is 14.5. The van der Waals surface area contributed by atoms with Gasteiger partial charge in [0.05, 0.1) is 14.9 Å². The summed E-state index contributed by atoms with van der Waals surface area (Å²) in [6, 6.07) is 11.4. The summed E-state index contributed by atoms with van der Waals surface area (Å²) in [6.07, 6.45) is 2.63. The van der Waals surface area contributed by atoms with Crippen molar-refractivity contribution in [2.24, 2.45) is 5.92 Å². The number of carbonyl (C=O) groups excluding carboxylic acids is 1. The summed E-state index contributed by atoms with van der Waals surface area (Å²) in [7, 11) is -3.61. The van der Waals surface area contributed by atoms with Gasteiger partial charge in [0.25, 0.3) is 5.91 Å². The van der Waals surface area contributed by atoms with Crippen LogP contribution in [-0.2, 0) is 16.4 Å². The van der Waals surface area contributed by atoms with E-state index in [9.17, 15) is 13.2 Å². The largest absolute Gasteiger partial charge is 0.352 e. The first-order chi connectivity index (χ1) is 12.9. The molecule has 0 unspecified atom stereocenters. The standard InChI is InChI=1S/C19H20Cl2N2O3S/c20-17-6-2-3-14(18(17)21)9-10-22-19(24)15-4-1-5-16(11-15)27(25,26)23-12-13-7-8-13/h1-6,11,13,23H,7-10,12H2,(H,22,24). The van der Waals surface area contributed by atoms with E-state index in [0.29, 0.717) is 41.0 Å². The van der Waals surface area contributed by atoms with Crippen LogP contribution in [0.1, 0.15) is 28.8 Å². The molecule has 0 bridgehead atoms. The fourth-order valence-corrected chi connectivity index (χ4v) is 4.17. The summed E-state index contributed by atoms with van der Waals surface area (Å²) in [4.78, 5) is 12.4. The Hall–Kier alpha value is -1.60. The minimum Gasteiger partial charge on any atom is -0.352 e. The molecule has 2 N–H and O–H groups in total. The third kappa shape index (κ3) is 5.45. The number of carbonyl (C=O) groups is 1. The Morgan fingerprint density at radius 3 is 2.59 bits per heavy atom. The van der Waals surface area contributed by atoms with Crippen molar-refractivity contribution >= 4 is 39.1 Å². The average molecular weight is 427 g/mol. The molecule has 2 aromatic carbocycles. The van der Waals surface area contributed by atoms with Crippen molar-refractivity contribution in [3.63, 3.8) is 0 Å². The van der Waals surface area contributed by atoms with E-state index in [1.54, 1.807) is 24.3 Å².